The molecule has 5 heteroatoms. The fraction of sp³-hybridized carbons (Fsp3) is 0.538. The van der Waals surface area contributed by atoms with Crippen molar-refractivity contribution < 1.29 is 18.3 Å². The highest BCUT2D eigenvalue weighted by atomic mass is 31.2. The number of benzene rings is 1. The summed E-state index contributed by atoms with van der Waals surface area (Å²) in [5, 5.41) is 0. The molecule has 18 heavy (non-hydrogen) atoms. The summed E-state index contributed by atoms with van der Waals surface area (Å²) in [5.41, 5.74) is 0. The van der Waals surface area contributed by atoms with E-state index >= 15 is 0 Å². The number of ether oxygens (including phenoxy) is 1. The molecule has 101 valence electrons. The van der Waals surface area contributed by atoms with Crippen molar-refractivity contribution in [3.63, 3.8) is 0 Å². The minimum absolute atomic E-state index is 0.383. The normalized spacial score (nSPS) is 11.4. The van der Waals surface area contributed by atoms with Gasteiger partial charge in [0.05, 0.1) is 26.0 Å². The summed E-state index contributed by atoms with van der Waals surface area (Å²) in [7, 11) is -2.93. The van der Waals surface area contributed by atoms with Gasteiger partial charge in [-0.2, -0.15) is 0 Å². The molecule has 0 unspecified atom stereocenters. The maximum Gasteiger partial charge on any atom is 0.330 e. The van der Waals surface area contributed by atoms with E-state index in [-0.39, 0.29) is 0 Å². The Kier molecular flexibility index (Phi) is 7.02. The molecule has 0 aromatic heterocycles. The van der Waals surface area contributed by atoms with Crippen LogP contribution >= 0.6 is 7.60 Å². The molecule has 0 spiro atoms. The van der Waals surface area contributed by atoms with Crippen molar-refractivity contribution in [3.05, 3.63) is 30.3 Å². The molecule has 0 N–H and O–H groups in total. The smallest absolute Gasteiger partial charge is 0.330 e. The molecule has 0 atom stereocenters. The molecular formula is C13H20O4P. The molecule has 0 saturated carbocycles. The molecule has 0 aliphatic carbocycles. The Morgan fingerprint density at radius 2 is 1.78 bits per heavy atom. The minimum atomic E-state index is -2.93. The molecule has 1 aromatic rings. The van der Waals surface area contributed by atoms with Crippen LogP contribution in [0.5, 0.6) is 5.75 Å². The zero-order valence-electron chi connectivity index (χ0n) is 10.9. The van der Waals surface area contributed by atoms with E-state index in [4.69, 9.17) is 13.8 Å². The molecule has 0 aliphatic rings. The maximum atomic E-state index is 12.1. The van der Waals surface area contributed by atoms with Crippen LogP contribution in [-0.4, -0.2) is 26.0 Å². The van der Waals surface area contributed by atoms with Crippen molar-refractivity contribution >= 4 is 7.60 Å². The summed E-state index contributed by atoms with van der Waals surface area (Å²) in [6.45, 7) is 4.90. The lowest BCUT2D eigenvalue weighted by atomic mass is 10.3. The van der Waals surface area contributed by atoms with Crippen molar-refractivity contribution in [2.45, 2.75) is 20.3 Å². The number of hydrogen-bond acceptors (Lipinski definition) is 4. The topological polar surface area (TPSA) is 44.8 Å². The van der Waals surface area contributed by atoms with E-state index in [1.54, 1.807) is 12.1 Å². The first-order valence-electron chi connectivity index (χ1n) is 6.17. The van der Waals surface area contributed by atoms with Crippen molar-refractivity contribution in [1.29, 1.82) is 0 Å². The summed E-state index contributed by atoms with van der Waals surface area (Å²) in [6.07, 6.45) is 1.02. The molecule has 0 saturated heterocycles. The quantitative estimate of drug-likeness (QED) is 0.509. The highest BCUT2D eigenvalue weighted by molar-refractivity contribution is 7.53. The highest BCUT2D eigenvalue weighted by Crippen LogP contribution is 2.48. The van der Waals surface area contributed by atoms with E-state index in [2.05, 4.69) is 6.07 Å². The van der Waals surface area contributed by atoms with Gasteiger partial charge in [-0.1, -0.05) is 12.1 Å². The second kappa shape index (κ2) is 8.30. The third-order valence-corrected chi connectivity index (χ3v) is 4.35. The molecular weight excluding hydrogens is 251 g/mol. The van der Waals surface area contributed by atoms with Crippen LogP contribution in [0.25, 0.3) is 0 Å². The maximum absolute atomic E-state index is 12.1. The lowest BCUT2D eigenvalue weighted by molar-refractivity contribution is 0.216. The fourth-order valence-corrected chi connectivity index (χ4v) is 3.11. The molecule has 1 aromatic carbocycles. The largest absolute Gasteiger partial charge is 0.494 e. The van der Waals surface area contributed by atoms with E-state index < -0.39 is 7.60 Å². The van der Waals surface area contributed by atoms with E-state index in [0.29, 0.717) is 32.4 Å². The zero-order valence-corrected chi connectivity index (χ0v) is 11.8. The van der Waals surface area contributed by atoms with Crippen molar-refractivity contribution in [3.8, 4) is 5.75 Å². The Morgan fingerprint density at radius 3 is 2.33 bits per heavy atom. The molecule has 0 amide bonds. The van der Waals surface area contributed by atoms with Crippen molar-refractivity contribution in [1.82, 2.24) is 0 Å². The van der Waals surface area contributed by atoms with Gasteiger partial charge in [-0.25, -0.2) is 0 Å². The van der Waals surface area contributed by atoms with E-state index in [0.717, 1.165) is 5.75 Å². The molecule has 4 nitrogen and oxygen atoms in total. The average Bonchev–Trinajstić information content (AvgIpc) is 2.37. The molecule has 0 bridgehead atoms. The van der Waals surface area contributed by atoms with Crippen molar-refractivity contribution in [2.24, 2.45) is 0 Å². The van der Waals surface area contributed by atoms with Crippen LogP contribution in [0.15, 0.2) is 24.3 Å². The predicted octanol–water partition coefficient (Wildman–Crippen LogP) is 3.52. The lowest BCUT2D eigenvalue weighted by Crippen LogP contribution is -2.05. The minimum Gasteiger partial charge on any atom is -0.494 e. The van der Waals surface area contributed by atoms with Gasteiger partial charge in [-0.3, -0.25) is 4.57 Å². The van der Waals surface area contributed by atoms with Crippen LogP contribution in [0.4, 0.5) is 0 Å². The van der Waals surface area contributed by atoms with Crippen LogP contribution in [0, 0.1) is 6.07 Å². The summed E-state index contributed by atoms with van der Waals surface area (Å²) in [6, 6.07) is 10.2. The summed E-state index contributed by atoms with van der Waals surface area (Å²) in [5.74, 6) is 0.788. The van der Waals surface area contributed by atoms with Gasteiger partial charge in [0.15, 0.2) is 0 Å². The Labute approximate surface area is 109 Å². The summed E-state index contributed by atoms with van der Waals surface area (Å²) in [4.78, 5) is 0. The second-order valence-corrected chi connectivity index (χ2v) is 5.79. The zero-order chi connectivity index (χ0) is 13.3. The third kappa shape index (κ3) is 5.67. The monoisotopic (exact) mass is 271 g/mol. The Bertz CT molecular complexity index is 357. The van der Waals surface area contributed by atoms with Crippen LogP contribution in [-0.2, 0) is 13.6 Å². The first-order valence-corrected chi connectivity index (χ1v) is 7.90. The standard InChI is InChI=1S/C13H20O4P/c1-3-16-18(14,17-4-2)12-8-11-15-13-9-6-5-7-10-13/h6-7,9-10H,3-4,8,11-12H2,1-2H3. The first kappa shape index (κ1) is 15.2. The Morgan fingerprint density at radius 1 is 1.17 bits per heavy atom. The van der Waals surface area contributed by atoms with Gasteiger partial charge in [0.1, 0.15) is 5.75 Å². The Hall–Kier alpha value is -0.830. The average molecular weight is 271 g/mol. The predicted molar refractivity (Wildman–Crippen MR) is 71.1 cm³/mol. The van der Waals surface area contributed by atoms with Gasteiger partial charge in [0, 0.05) is 0 Å². The SMILES string of the molecule is CCOP(=O)(CCCOc1cc[c]cc1)OCC. The number of hydrogen-bond donors (Lipinski definition) is 0. The first-order chi connectivity index (χ1) is 8.70. The molecule has 0 fully saturated rings. The van der Waals surface area contributed by atoms with E-state index in [1.165, 1.54) is 0 Å². The highest BCUT2D eigenvalue weighted by Gasteiger charge is 2.22. The van der Waals surface area contributed by atoms with Gasteiger partial charge < -0.3 is 13.8 Å². The van der Waals surface area contributed by atoms with Crippen LogP contribution in [0.3, 0.4) is 0 Å². The second-order valence-electron chi connectivity index (χ2n) is 3.61. The summed E-state index contributed by atoms with van der Waals surface area (Å²) >= 11 is 0. The molecule has 0 heterocycles. The summed E-state index contributed by atoms with van der Waals surface area (Å²) < 4.78 is 28.0. The lowest BCUT2D eigenvalue weighted by Gasteiger charge is -2.16. The molecule has 1 rings (SSSR count). The molecule has 0 aliphatic heterocycles. The van der Waals surface area contributed by atoms with Gasteiger partial charge in [0.25, 0.3) is 0 Å². The van der Waals surface area contributed by atoms with Crippen molar-refractivity contribution in [2.75, 3.05) is 26.0 Å². The van der Waals surface area contributed by atoms with Crippen LogP contribution in [0.2, 0.25) is 0 Å². The van der Waals surface area contributed by atoms with Crippen LogP contribution in [0.1, 0.15) is 20.3 Å². The fourth-order valence-electron chi connectivity index (χ4n) is 1.48. The van der Waals surface area contributed by atoms with Crippen LogP contribution < -0.4 is 4.74 Å². The van der Waals surface area contributed by atoms with Gasteiger partial charge in [-0.05, 0) is 38.5 Å². The number of rotatable bonds is 9. The third-order valence-electron chi connectivity index (χ3n) is 2.18. The Balaban J connectivity index is 2.29. The van der Waals surface area contributed by atoms with E-state index in [9.17, 15) is 4.57 Å². The van der Waals surface area contributed by atoms with E-state index in [1.807, 2.05) is 26.0 Å². The van der Waals surface area contributed by atoms with Gasteiger partial charge in [-0.15, -0.1) is 0 Å². The molecule has 1 radical (unpaired) electrons. The van der Waals surface area contributed by atoms with Gasteiger partial charge in [0.2, 0.25) is 0 Å². The van der Waals surface area contributed by atoms with Gasteiger partial charge >= 0.3 is 7.60 Å².